The molecular formula is C25H66N4O4P3Y-. The van der Waals surface area contributed by atoms with E-state index in [-0.39, 0.29) is 101 Å². The van der Waals surface area contributed by atoms with Crippen LogP contribution >= 0.6 is 29.7 Å². The molecule has 37 heavy (non-hydrogen) atoms. The predicted molar refractivity (Wildman–Crippen MR) is 180 cm³/mol. The summed E-state index contributed by atoms with van der Waals surface area (Å²) in [6.07, 6.45) is 1.75. The second kappa shape index (κ2) is 60.3. The molecular weight excluding hydrogens is 602 g/mol. The molecule has 12 heteroatoms. The van der Waals surface area contributed by atoms with Gasteiger partial charge in [0.1, 0.15) is 0 Å². The quantitative estimate of drug-likeness (QED) is 0.260. The van der Waals surface area contributed by atoms with Crippen LogP contribution in [0, 0.1) is 7.43 Å². The Morgan fingerprint density at radius 3 is 0.892 bits per heavy atom. The molecule has 0 aliphatic carbocycles. The van der Waals surface area contributed by atoms with Crippen molar-refractivity contribution < 1.29 is 51.9 Å². The standard InChI is InChI=1S/C6H11NO.C5H9NO.2C4H9NO.2C2H6.CH4.CH3.3H3P.Y/c1-4-6(7-3)5(2)8;1-4(6-3)5(2)7;2*1-4(6)5(2)3;2*1-2;;;;;;/h4,7H,1-3H3;6H,1H2,2-3H3;2*1-3H3;2*1-2H3;1H4;4*1H3;/q;;;;;;;-1;;;;/b6-4-;;;;;;;;;;;. The molecule has 0 heterocycles. The molecule has 0 aromatic carbocycles. The molecule has 0 aromatic heterocycles. The Morgan fingerprint density at radius 1 is 0.676 bits per heavy atom. The monoisotopic (exact) mass is 668 g/mol. The van der Waals surface area contributed by atoms with Gasteiger partial charge < -0.3 is 27.9 Å². The molecule has 0 fully saturated rings. The summed E-state index contributed by atoms with van der Waals surface area (Å²) < 4.78 is 0. The third-order valence-electron chi connectivity index (χ3n) is 2.92. The second-order valence-corrected chi connectivity index (χ2v) is 5.62. The summed E-state index contributed by atoms with van der Waals surface area (Å²) in [5, 5.41) is 5.38. The van der Waals surface area contributed by atoms with Crippen molar-refractivity contribution in [2.75, 3.05) is 42.3 Å². The molecule has 0 spiro atoms. The molecule has 2 amide bonds. The van der Waals surface area contributed by atoms with Gasteiger partial charge in [0.05, 0.1) is 11.4 Å². The van der Waals surface area contributed by atoms with Crippen LogP contribution in [0.5, 0.6) is 0 Å². The second-order valence-electron chi connectivity index (χ2n) is 5.62. The fourth-order valence-corrected chi connectivity index (χ4v) is 0.700. The third kappa shape index (κ3) is 86.1. The van der Waals surface area contributed by atoms with Crippen LogP contribution in [0.2, 0.25) is 0 Å². The first-order valence-corrected chi connectivity index (χ1v) is 10.3. The largest absolute Gasteiger partial charge is 0.386 e. The summed E-state index contributed by atoms with van der Waals surface area (Å²) in [6, 6.07) is 0. The van der Waals surface area contributed by atoms with Crippen molar-refractivity contribution in [2.45, 2.75) is 69.7 Å². The van der Waals surface area contributed by atoms with E-state index in [4.69, 9.17) is 0 Å². The predicted octanol–water partition coefficient (Wildman–Crippen LogP) is 4.51. The van der Waals surface area contributed by atoms with Gasteiger partial charge in [-0.25, -0.2) is 0 Å². The number of allylic oxidation sites excluding steroid dienone is 3. The number of nitrogens with zero attached hydrogens (tertiary/aromatic N) is 2. The number of nitrogens with one attached hydrogen (secondary N) is 2. The Balaban J connectivity index is -0.0000000205. The zero-order chi connectivity index (χ0) is 26.7. The molecule has 0 saturated carbocycles. The summed E-state index contributed by atoms with van der Waals surface area (Å²) in [7, 11) is 10.3. The fraction of sp³-hybridized carbons (Fsp3) is 0.640. The van der Waals surface area contributed by atoms with Crippen LogP contribution < -0.4 is 10.6 Å². The molecule has 229 valence electrons. The van der Waals surface area contributed by atoms with Crippen molar-refractivity contribution in [1.29, 1.82) is 0 Å². The van der Waals surface area contributed by atoms with Gasteiger partial charge in [0.25, 0.3) is 0 Å². The summed E-state index contributed by atoms with van der Waals surface area (Å²) in [5.74, 6) is 0.252. The van der Waals surface area contributed by atoms with Gasteiger partial charge >= 0.3 is 0 Å². The Kier molecular flexibility index (Phi) is 125. The number of likely N-dealkylation sites (N-methyl/N-ethyl adjacent to an activating group) is 2. The van der Waals surface area contributed by atoms with E-state index in [1.165, 1.54) is 37.5 Å². The third-order valence-corrected chi connectivity index (χ3v) is 2.92. The molecule has 3 atom stereocenters. The van der Waals surface area contributed by atoms with E-state index < -0.39 is 0 Å². The average Bonchev–Trinajstić information content (AvgIpc) is 2.72. The van der Waals surface area contributed by atoms with Crippen molar-refractivity contribution in [3.63, 3.8) is 0 Å². The number of hydrogen-bond donors (Lipinski definition) is 2. The van der Waals surface area contributed by atoms with Crippen LogP contribution in [-0.4, -0.2) is 75.5 Å². The van der Waals surface area contributed by atoms with E-state index in [0.717, 1.165) is 0 Å². The van der Waals surface area contributed by atoms with Crippen molar-refractivity contribution in [3.8, 4) is 0 Å². The first-order chi connectivity index (χ1) is 14.2. The van der Waals surface area contributed by atoms with Gasteiger partial charge in [0.15, 0.2) is 11.6 Å². The number of amides is 2. The van der Waals surface area contributed by atoms with E-state index in [1.807, 2.05) is 34.6 Å². The molecule has 0 rings (SSSR count). The molecule has 2 N–H and O–H groups in total. The Hall–Kier alpha value is -0.246. The molecule has 3 unspecified atom stereocenters. The minimum absolute atomic E-state index is 0. The van der Waals surface area contributed by atoms with E-state index in [0.29, 0.717) is 11.4 Å². The normalized spacial score (nSPS) is 6.73. The van der Waals surface area contributed by atoms with Gasteiger partial charge in [-0.05, 0) is 6.92 Å². The van der Waals surface area contributed by atoms with E-state index in [1.54, 1.807) is 48.4 Å². The summed E-state index contributed by atoms with van der Waals surface area (Å²) in [6.45, 7) is 19.3. The topological polar surface area (TPSA) is 98.8 Å². The average molecular weight is 669 g/mol. The molecule has 0 bridgehead atoms. The summed E-state index contributed by atoms with van der Waals surface area (Å²) in [4.78, 5) is 43.9. The summed E-state index contributed by atoms with van der Waals surface area (Å²) >= 11 is 0. The van der Waals surface area contributed by atoms with Crippen molar-refractivity contribution in [3.05, 3.63) is 31.5 Å². The van der Waals surface area contributed by atoms with Crippen molar-refractivity contribution >= 4 is 53.1 Å². The first-order valence-electron chi connectivity index (χ1n) is 10.3. The van der Waals surface area contributed by atoms with Gasteiger partial charge in [-0.3, -0.25) is 19.2 Å². The smallest absolute Gasteiger partial charge is 0.218 e. The zero-order valence-electron chi connectivity index (χ0n) is 26.5. The van der Waals surface area contributed by atoms with E-state index in [2.05, 4.69) is 17.2 Å². The van der Waals surface area contributed by atoms with E-state index >= 15 is 0 Å². The van der Waals surface area contributed by atoms with Crippen molar-refractivity contribution in [1.82, 2.24) is 20.4 Å². The Bertz CT molecular complexity index is 516. The van der Waals surface area contributed by atoms with Gasteiger partial charge in [0.2, 0.25) is 11.8 Å². The number of Topliss-reactive ketones (excluding diaryl/α,β-unsaturated/α-hetero) is 2. The van der Waals surface area contributed by atoms with Gasteiger partial charge in [-0.2, -0.15) is 29.7 Å². The minimum Gasteiger partial charge on any atom is -0.386 e. The number of carbonyl (C=O) groups excluding carboxylic acids is 4. The molecule has 0 aliphatic rings. The fourth-order valence-electron chi connectivity index (χ4n) is 0.700. The molecule has 0 aromatic rings. The van der Waals surface area contributed by atoms with Crippen LogP contribution in [0.3, 0.4) is 0 Å². The molecule has 8 nitrogen and oxygen atoms in total. The van der Waals surface area contributed by atoms with Gasteiger partial charge in [-0.15, -0.1) is 0 Å². The molecule has 0 saturated heterocycles. The Morgan fingerprint density at radius 2 is 0.892 bits per heavy atom. The van der Waals surface area contributed by atoms with Gasteiger partial charge in [0, 0.05) is 103 Å². The number of ketones is 2. The SMILES string of the molecule is C.C/C=C(\NC)C(C)=O.C=C(NC)C(C)=O.CC.CC.CC(=O)N(C)C.CC(=O)N(C)C.P.P.P.[CH3-].[Y]. The van der Waals surface area contributed by atoms with Crippen LogP contribution in [-0.2, 0) is 51.9 Å². The zero-order valence-corrected chi connectivity index (χ0v) is 33.6. The molecule has 1 radical (unpaired) electrons. The summed E-state index contributed by atoms with van der Waals surface area (Å²) in [5.41, 5.74) is 1.13. The number of rotatable bonds is 4. The van der Waals surface area contributed by atoms with Crippen molar-refractivity contribution in [2.24, 2.45) is 0 Å². The van der Waals surface area contributed by atoms with Crippen LogP contribution in [0.4, 0.5) is 0 Å². The minimum atomic E-state index is -0.0116. The Labute approximate surface area is 267 Å². The maximum Gasteiger partial charge on any atom is 0.218 e. The van der Waals surface area contributed by atoms with Crippen LogP contribution in [0.25, 0.3) is 0 Å². The molecule has 0 aliphatic heterocycles. The number of hydrogen-bond acceptors (Lipinski definition) is 6. The number of carbonyl (C=O) groups is 4. The van der Waals surface area contributed by atoms with Crippen LogP contribution in [0.15, 0.2) is 24.0 Å². The van der Waals surface area contributed by atoms with E-state index in [9.17, 15) is 19.2 Å². The van der Waals surface area contributed by atoms with Gasteiger partial charge in [-0.1, -0.05) is 47.8 Å². The maximum atomic E-state index is 10.5. The first kappa shape index (κ1) is 76.7. The maximum absolute atomic E-state index is 10.5. The van der Waals surface area contributed by atoms with Crippen LogP contribution in [0.1, 0.15) is 69.7 Å².